The van der Waals surface area contributed by atoms with Crippen LogP contribution >= 0.6 is 0 Å². The number of morpholine rings is 1. The molecule has 0 aromatic carbocycles. The van der Waals surface area contributed by atoms with Crippen molar-refractivity contribution in [1.82, 2.24) is 38.8 Å². The molecule has 0 amide bonds. The number of aromatic nitrogens is 7. The fourth-order valence-electron chi connectivity index (χ4n) is 4.17. The predicted molar refractivity (Wildman–Crippen MR) is 123 cm³/mol. The quantitative estimate of drug-likeness (QED) is 0.404. The Kier molecular flexibility index (Phi) is 5.17. The van der Waals surface area contributed by atoms with Crippen LogP contribution < -0.4 is 0 Å². The van der Waals surface area contributed by atoms with E-state index in [-0.39, 0.29) is 0 Å². The molecule has 5 aromatic rings. The maximum atomic E-state index is 5.45. The van der Waals surface area contributed by atoms with E-state index in [0.29, 0.717) is 6.54 Å². The van der Waals surface area contributed by atoms with Crippen LogP contribution in [0.15, 0.2) is 73.7 Å². The van der Waals surface area contributed by atoms with Crippen LogP contribution in [0.4, 0.5) is 0 Å². The summed E-state index contributed by atoms with van der Waals surface area (Å²) in [5, 5.41) is 8.66. The third-order valence-corrected chi connectivity index (χ3v) is 5.86. The molecule has 1 aliphatic rings. The second kappa shape index (κ2) is 8.61. The molecule has 5 aromatic heterocycles. The molecule has 33 heavy (non-hydrogen) atoms. The highest BCUT2D eigenvalue weighted by molar-refractivity contribution is 5.59. The normalized spacial score (nSPS) is 14.8. The molecule has 0 unspecified atom stereocenters. The van der Waals surface area contributed by atoms with E-state index < -0.39 is 0 Å². The molecule has 9 heteroatoms. The van der Waals surface area contributed by atoms with Gasteiger partial charge in [-0.05, 0) is 29.8 Å². The molecule has 166 valence electrons. The van der Waals surface area contributed by atoms with Gasteiger partial charge in [-0.15, -0.1) is 5.10 Å². The number of pyridine rings is 2. The standard InChI is InChI=1S/C24H24N8O/c1-2-6-30(5-1)22-11-20(12-25-13-22)23-18-32(28-27-23)17-21-16-31-15-19(3-4-24(31)26-21)14-29-7-9-33-10-8-29/h1-6,11-13,15-16,18H,7-10,14,17H2. The van der Waals surface area contributed by atoms with Gasteiger partial charge in [-0.25, -0.2) is 9.67 Å². The van der Waals surface area contributed by atoms with Gasteiger partial charge in [0.2, 0.25) is 0 Å². The molecule has 0 atom stereocenters. The number of ether oxygens (including phenoxy) is 1. The number of fused-ring (bicyclic) bond motifs is 1. The van der Waals surface area contributed by atoms with Crippen LogP contribution in [0.2, 0.25) is 0 Å². The van der Waals surface area contributed by atoms with Crippen molar-refractivity contribution >= 4 is 5.65 Å². The van der Waals surface area contributed by atoms with E-state index in [4.69, 9.17) is 9.72 Å². The summed E-state index contributed by atoms with van der Waals surface area (Å²) in [7, 11) is 0. The molecule has 0 saturated carbocycles. The number of nitrogens with zero attached hydrogens (tertiary/aromatic N) is 8. The molecular formula is C24H24N8O. The minimum Gasteiger partial charge on any atom is -0.379 e. The van der Waals surface area contributed by atoms with Crippen LogP contribution in [0, 0.1) is 0 Å². The van der Waals surface area contributed by atoms with Gasteiger partial charge in [0, 0.05) is 56.2 Å². The maximum absolute atomic E-state index is 5.45. The molecule has 1 fully saturated rings. The average Bonchev–Trinajstić information content (AvgIpc) is 3.61. The molecule has 1 aliphatic heterocycles. The Morgan fingerprint density at radius 2 is 1.82 bits per heavy atom. The number of imidazole rings is 1. The third-order valence-electron chi connectivity index (χ3n) is 5.86. The number of hydrogen-bond acceptors (Lipinski definition) is 6. The van der Waals surface area contributed by atoms with Crippen LogP contribution in [-0.4, -0.2) is 65.1 Å². The Morgan fingerprint density at radius 3 is 2.70 bits per heavy atom. The minimum absolute atomic E-state index is 0.554. The number of rotatable bonds is 6. The Bertz CT molecular complexity index is 1360. The Hall–Kier alpha value is -3.82. The van der Waals surface area contributed by atoms with E-state index in [0.717, 1.165) is 61.1 Å². The monoisotopic (exact) mass is 440 g/mol. The first-order chi connectivity index (χ1) is 16.3. The van der Waals surface area contributed by atoms with Crippen LogP contribution in [0.25, 0.3) is 22.6 Å². The fraction of sp³-hybridized carbons (Fsp3) is 0.250. The largest absolute Gasteiger partial charge is 0.379 e. The van der Waals surface area contributed by atoms with Gasteiger partial charge in [0.1, 0.15) is 11.3 Å². The predicted octanol–water partition coefficient (Wildman–Crippen LogP) is 2.66. The summed E-state index contributed by atoms with van der Waals surface area (Å²) >= 11 is 0. The van der Waals surface area contributed by atoms with Crippen LogP contribution in [-0.2, 0) is 17.8 Å². The molecule has 0 spiro atoms. The first kappa shape index (κ1) is 19.8. The minimum atomic E-state index is 0.554. The summed E-state index contributed by atoms with van der Waals surface area (Å²) in [4.78, 5) is 11.5. The van der Waals surface area contributed by atoms with E-state index in [1.807, 2.05) is 52.4 Å². The highest BCUT2D eigenvalue weighted by Crippen LogP contribution is 2.19. The molecule has 0 N–H and O–H groups in total. The molecule has 9 nitrogen and oxygen atoms in total. The molecule has 0 bridgehead atoms. The van der Waals surface area contributed by atoms with Gasteiger partial charge < -0.3 is 13.7 Å². The lowest BCUT2D eigenvalue weighted by molar-refractivity contribution is 0.0341. The Balaban J connectivity index is 1.18. The topological polar surface area (TPSA) is 78.3 Å². The molecule has 0 radical (unpaired) electrons. The summed E-state index contributed by atoms with van der Waals surface area (Å²) in [5.41, 5.74) is 5.84. The van der Waals surface area contributed by atoms with E-state index >= 15 is 0 Å². The first-order valence-electron chi connectivity index (χ1n) is 11.1. The lowest BCUT2D eigenvalue weighted by Crippen LogP contribution is -2.35. The zero-order valence-corrected chi connectivity index (χ0v) is 18.2. The highest BCUT2D eigenvalue weighted by Gasteiger charge is 2.12. The molecular weight excluding hydrogens is 416 g/mol. The second-order valence-electron chi connectivity index (χ2n) is 8.25. The molecule has 6 rings (SSSR count). The molecule has 0 aliphatic carbocycles. The fourth-order valence-corrected chi connectivity index (χ4v) is 4.17. The van der Waals surface area contributed by atoms with E-state index in [9.17, 15) is 0 Å². The van der Waals surface area contributed by atoms with Crippen molar-refractivity contribution in [1.29, 1.82) is 0 Å². The summed E-state index contributed by atoms with van der Waals surface area (Å²) in [6.45, 7) is 5.05. The van der Waals surface area contributed by atoms with Crippen molar-refractivity contribution in [3.63, 3.8) is 0 Å². The zero-order chi connectivity index (χ0) is 22.0. The van der Waals surface area contributed by atoms with Crippen molar-refractivity contribution in [2.45, 2.75) is 13.1 Å². The smallest absolute Gasteiger partial charge is 0.137 e. The molecule has 1 saturated heterocycles. The van der Waals surface area contributed by atoms with Gasteiger partial charge in [0.05, 0.1) is 43.5 Å². The highest BCUT2D eigenvalue weighted by atomic mass is 16.5. The summed E-state index contributed by atoms with van der Waals surface area (Å²) in [6, 6.07) is 10.3. The third kappa shape index (κ3) is 4.28. The van der Waals surface area contributed by atoms with Crippen LogP contribution in [0.3, 0.4) is 0 Å². The van der Waals surface area contributed by atoms with Gasteiger partial charge >= 0.3 is 0 Å². The molecule has 6 heterocycles. The first-order valence-corrected chi connectivity index (χ1v) is 11.1. The Morgan fingerprint density at radius 1 is 0.939 bits per heavy atom. The maximum Gasteiger partial charge on any atom is 0.137 e. The average molecular weight is 441 g/mol. The van der Waals surface area contributed by atoms with Crippen LogP contribution in [0.1, 0.15) is 11.3 Å². The number of hydrogen-bond donors (Lipinski definition) is 0. The van der Waals surface area contributed by atoms with Crippen molar-refractivity contribution in [2.75, 3.05) is 26.3 Å². The van der Waals surface area contributed by atoms with Gasteiger partial charge in [0.15, 0.2) is 0 Å². The summed E-state index contributed by atoms with van der Waals surface area (Å²) < 4.78 is 11.4. The SMILES string of the molecule is c1ccn(-c2cncc(-c3cn(Cc4cn5cc(CN6CCOCC6)ccc5n4)nn3)c2)c1. The lowest BCUT2D eigenvalue weighted by atomic mass is 10.2. The van der Waals surface area contributed by atoms with Gasteiger partial charge in [-0.3, -0.25) is 9.88 Å². The second-order valence-corrected chi connectivity index (χ2v) is 8.25. The van der Waals surface area contributed by atoms with E-state index in [1.54, 1.807) is 0 Å². The van der Waals surface area contributed by atoms with Crippen LogP contribution in [0.5, 0.6) is 0 Å². The van der Waals surface area contributed by atoms with Gasteiger partial charge in [-0.1, -0.05) is 11.3 Å². The van der Waals surface area contributed by atoms with Gasteiger partial charge in [-0.2, -0.15) is 0 Å². The summed E-state index contributed by atoms with van der Waals surface area (Å²) in [6.07, 6.45) is 13.8. The van der Waals surface area contributed by atoms with E-state index in [1.165, 1.54) is 5.56 Å². The summed E-state index contributed by atoms with van der Waals surface area (Å²) in [5.74, 6) is 0. The van der Waals surface area contributed by atoms with E-state index in [2.05, 4.69) is 55.2 Å². The van der Waals surface area contributed by atoms with Crippen molar-refractivity contribution in [2.24, 2.45) is 0 Å². The van der Waals surface area contributed by atoms with Crippen molar-refractivity contribution in [3.05, 3.63) is 85.0 Å². The zero-order valence-electron chi connectivity index (χ0n) is 18.2. The lowest BCUT2D eigenvalue weighted by Gasteiger charge is -2.26. The van der Waals surface area contributed by atoms with Crippen molar-refractivity contribution in [3.8, 4) is 16.9 Å². The van der Waals surface area contributed by atoms with Crippen molar-refractivity contribution < 1.29 is 4.74 Å². The van der Waals surface area contributed by atoms with Gasteiger partial charge in [0.25, 0.3) is 0 Å². The Labute approximate surface area is 190 Å².